The Morgan fingerprint density at radius 1 is 1.47 bits per heavy atom. The number of rotatable bonds is 5. The summed E-state index contributed by atoms with van der Waals surface area (Å²) in [7, 11) is 1.39. The first-order chi connectivity index (χ1) is 9.20. The maximum Gasteiger partial charge on any atom is 0.337 e. The van der Waals surface area contributed by atoms with Crippen LogP contribution < -0.4 is 5.32 Å². The molecule has 2 atom stereocenters. The van der Waals surface area contributed by atoms with Gasteiger partial charge in [-0.1, -0.05) is 12.1 Å². The van der Waals surface area contributed by atoms with Gasteiger partial charge in [0.05, 0.1) is 19.3 Å². The number of ether oxygens (including phenoxy) is 2. The summed E-state index contributed by atoms with van der Waals surface area (Å²) in [5.41, 5.74) is 1.75. The average molecular weight is 263 g/mol. The van der Waals surface area contributed by atoms with E-state index < -0.39 is 0 Å². The highest BCUT2D eigenvalue weighted by molar-refractivity contribution is 5.89. The molecule has 0 aromatic heterocycles. The normalized spacial score (nSPS) is 20.2. The zero-order valence-electron chi connectivity index (χ0n) is 11.5. The van der Waals surface area contributed by atoms with Gasteiger partial charge in [-0.05, 0) is 37.0 Å². The van der Waals surface area contributed by atoms with Crippen LogP contribution in [0, 0.1) is 5.92 Å². The molecule has 4 heteroatoms. The molecule has 1 N–H and O–H groups in total. The summed E-state index contributed by atoms with van der Waals surface area (Å²) in [6.45, 7) is 4.74. The molecular formula is C15H21NO3. The molecular weight excluding hydrogens is 242 g/mol. The first-order valence-electron chi connectivity index (χ1n) is 6.69. The zero-order chi connectivity index (χ0) is 13.7. The molecule has 2 rings (SSSR count). The van der Waals surface area contributed by atoms with E-state index in [2.05, 4.69) is 17.0 Å². The summed E-state index contributed by atoms with van der Waals surface area (Å²) in [5, 5.41) is 3.51. The molecule has 0 bridgehead atoms. The Morgan fingerprint density at radius 3 is 2.79 bits per heavy atom. The van der Waals surface area contributed by atoms with E-state index in [4.69, 9.17) is 4.74 Å². The Balaban J connectivity index is 1.84. The SMILES string of the molecule is COC(=O)c1ccc(CN[C@@H](C)[C@H]2CCOC2)cc1. The number of benzene rings is 1. The van der Waals surface area contributed by atoms with Crippen LogP contribution in [0.5, 0.6) is 0 Å². The van der Waals surface area contributed by atoms with Gasteiger partial charge in [-0.3, -0.25) is 0 Å². The van der Waals surface area contributed by atoms with E-state index in [9.17, 15) is 4.79 Å². The highest BCUT2D eigenvalue weighted by Crippen LogP contribution is 2.16. The average Bonchev–Trinajstić information content (AvgIpc) is 2.98. The van der Waals surface area contributed by atoms with Crippen LogP contribution in [0.15, 0.2) is 24.3 Å². The van der Waals surface area contributed by atoms with Gasteiger partial charge in [0.25, 0.3) is 0 Å². The highest BCUT2D eigenvalue weighted by Gasteiger charge is 2.21. The second kappa shape index (κ2) is 6.68. The second-order valence-corrected chi connectivity index (χ2v) is 4.98. The summed E-state index contributed by atoms with van der Waals surface area (Å²) in [6.07, 6.45) is 1.13. The Morgan fingerprint density at radius 2 is 2.21 bits per heavy atom. The summed E-state index contributed by atoms with van der Waals surface area (Å²) in [5.74, 6) is 0.310. The van der Waals surface area contributed by atoms with Crippen LogP contribution in [-0.4, -0.2) is 32.3 Å². The molecule has 1 aromatic carbocycles. The molecule has 0 spiro atoms. The summed E-state index contributed by atoms with van der Waals surface area (Å²) >= 11 is 0. The van der Waals surface area contributed by atoms with E-state index in [1.807, 2.05) is 12.1 Å². The van der Waals surface area contributed by atoms with E-state index in [0.29, 0.717) is 17.5 Å². The molecule has 1 aliphatic heterocycles. The number of carbonyl (C=O) groups excluding carboxylic acids is 1. The molecule has 0 saturated carbocycles. The maximum absolute atomic E-state index is 11.3. The minimum atomic E-state index is -0.295. The number of hydrogen-bond donors (Lipinski definition) is 1. The van der Waals surface area contributed by atoms with Crippen LogP contribution in [0.3, 0.4) is 0 Å². The first kappa shape index (κ1) is 14.0. The fraction of sp³-hybridized carbons (Fsp3) is 0.533. The van der Waals surface area contributed by atoms with Gasteiger partial charge in [0.1, 0.15) is 0 Å². The van der Waals surface area contributed by atoms with Gasteiger partial charge in [-0.2, -0.15) is 0 Å². The van der Waals surface area contributed by atoms with Crippen LogP contribution in [-0.2, 0) is 16.0 Å². The third-order valence-corrected chi connectivity index (χ3v) is 3.68. The van der Waals surface area contributed by atoms with Crippen molar-refractivity contribution in [3.63, 3.8) is 0 Å². The van der Waals surface area contributed by atoms with Crippen molar-refractivity contribution in [1.82, 2.24) is 5.32 Å². The number of nitrogens with one attached hydrogen (secondary N) is 1. The lowest BCUT2D eigenvalue weighted by Crippen LogP contribution is -2.33. The lowest BCUT2D eigenvalue weighted by Gasteiger charge is -2.19. The molecule has 1 aromatic rings. The summed E-state index contributed by atoms with van der Waals surface area (Å²) in [6, 6.07) is 7.95. The van der Waals surface area contributed by atoms with Gasteiger partial charge in [0, 0.05) is 19.2 Å². The molecule has 1 heterocycles. The lowest BCUT2D eigenvalue weighted by molar-refractivity contribution is 0.0600. The highest BCUT2D eigenvalue weighted by atomic mass is 16.5. The maximum atomic E-state index is 11.3. The van der Waals surface area contributed by atoms with Crippen molar-refractivity contribution < 1.29 is 14.3 Å². The third-order valence-electron chi connectivity index (χ3n) is 3.68. The van der Waals surface area contributed by atoms with Crippen LogP contribution in [0.2, 0.25) is 0 Å². The topological polar surface area (TPSA) is 47.6 Å². The zero-order valence-corrected chi connectivity index (χ0v) is 11.5. The molecule has 0 unspecified atom stereocenters. The quantitative estimate of drug-likeness (QED) is 0.825. The molecule has 1 aliphatic rings. The van der Waals surface area contributed by atoms with Gasteiger partial charge >= 0.3 is 5.97 Å². The molecule has 0 aliphatic carbocycles. The first-order valence-corrected chi connectivity index (χ1v) is 6.69. The smallest absolute Gasteiger partial charge is 0.337 e. The monoisotopic (exact) mass is 263 g/mol. The van der Waals surface area contributed by atoms with E-state index in [1.54, 1.807) is 12.1 Å². The minimum Gasteiger partial charge on any atom is -0.465 e. The van der Waals surface area contributed by atoms with Crippen molar-refractivity contribution in [1.29, 1.82) is 0 Å². The predicted octanol–water partition coefficient (Wildman–Crippen LogP) is 1.99. The molecule has 0 amide bonds. The van der Waals surface area contributed by atoms with E-state index in [0.717, 1.165) is 26.2 Å². The van der Waals surface area contributed by atoms with E-state index in [-0.39, 0.29) is 5.97 Å². The summed E-state index contributed by atoms with van der Waals surface area (Å²) in [4.78, 5) is 11.3. The van der Waals surface area contributed by atoms with Crippen molar-refractivity contribution in [2.75, 3.05) is 20.3 Å². The van der Waals surface area contributed by atoms with Crippen LogP contribution in [0.25, 0.3) is 0 Å². The van der Waals surface area contributed by atoms with Gasteiger partial charge in [-0.15, -0.1) is 0 Å². The molecule has 104 valence electrons. The third kappa shape index (κ3) is 3.78. The van der Waals surface area contributed by atoms with Crippen LogP contribution in [0.4, 0.5) is 0 Å². The van der Waals surface area contributed by atoms with Gasteiger partial charge < -0.3 is 14.8 Å². The number of methoxy groups -OCH3 is 1. The van der Waals surface area contributed by atoms with Crippen molar-refractivity contribution in [2.24, 2.45) is 5.92 Å². The van der Waals surface area contributed by atoms with Gasteiger partial charge in [0.2, 0.25) is 0 Å². The molecule has 0 radical (unpaired) electrons. The fourth-order valence-electron chi connectivity index (χ4n) is 2.27. The van der Waals surface area contributed by atoms with Crippen LogP contribution >= 0.6 is 0 Å². The Kier molecular flexibility index (Phi) is 4.93. The molecule has 1 saturated heterocycles. The number of esters is 1. The Hall–Kier alpha value is -1.39. The number of hydrogen-bond acceptors (Lipinski definition) is 4. The largest absolute Gasteiger partial charge is 0.465 e. The van der Waals surface area contributed by atoms with Crippen molar-refractivity contribution in [3.8, 4) is 0 Å². The lowest BCUT2D eigenvalue weighted by atomic mass is 10.0. The molecule has 19 heavy (non-hydrogen) atoms. The fourth-order valence-corrected chi connectivity index (χ4v) is 2.27. The summed E-state index contributed by atoms with van der Waals surface area (Å²) < 4.78 is 10.1. The second-order valence-electron chi connectivity index (χ2n) is 4.98. The minimum absolute atomic E-state index is 0.295. The number of carbonyl (C=O) groups is 1. The van der Waals surface area contributed by atoms with E-state index >= 15 is 0 Å². The van der Waals surface area contributed by atoms with Crippen molar-refractivity contribution >= 4 is 5.97 Å². The molecule has 1 fully saturated rings. The molecule has 4 nitrogen and oxygen atoms in total. The Labute approximate surface area is 114 Å². The van der Waals surface area contributed by atoms with E-state index in [1.165, 1.54) is 12.7 Å². The van der Waals surface area contributed by atoms with Gasteiger partial charge in [0.15, 0.2) is 0 Å². The Bertz CT molecular complexity index is 410. The standard InChI is InChI=1S/C15H21NO3/c1-11(14-7-8-19-10-14)16-9-12-3-5-13(6-4-12)15(17)18-2/h3-6,11,14,16H,7-10H2,1-2H3/t11-,14-/m0/s1. The predicted molar refractivity (Wildman–Crippen MR) is 73.0 cm³/mol. The van der Waals surface area contributed by atoms with Crippen molar-refractivity contribution in [2.45, 2.75) is 25.9 Å². The van der Waals surface area contributed by atoms with Crippen LogP contribution in [0.1, 0.15) is 29.3 Å². The van der Waals surface area contributed by atoms with Gasteiger partial charge in [-0.25, -0.2) is 4.79 Å². The van der Waals surface area contributed by atoms with Crippen molar-refractivity contribution in [3.05, 3.63) is 35.4 Å².